The monoisotopic (exact) mass is 311 g/mol. The number of nitrogens with zero attached hydrogens (tertiary/aromatic N) is 3. The van der Waals surface area contributed by atoms with Gasteiger partial charge in [-0.2, -0.15) is 0 Å². The van der Waals surface area contributed by atoms with Crippen molar-refractivity contribution in [1.82, 2.24) is 14.8 Å². The van der Waals surface area contributed by atoms with Crippen molar-refractivity contribution < 1.29 is 4.79 Å². The van der Waals surface area contributed by atoms with Gasteiger partial charge in [-0.1, -0.05) is 11.8 Å². The topological polar surface area (TPSA) is 36.4 Å². The molecule has 0 aliphatic carbocycles. The van der Waals surface area contributed by atoms with E-state index in [0.29, 0.717) is 11.1 Å². The summed E-state index contributed by atoms with van der Waals surface area (Å²) >= 11 is 3.16. The summed E-state index contributed by atoms with van der Waals surface area (Å²) in [4.78, 5) is 21.2. The first-order valence-corrected chi connectivity index (χ1v) is 9.20. The zero-order chi connectivity index (χ0) is 14.2. The number of thiazole rings is 1. The summed E-state index contributed by atoms with van der Waals surface area (Å²) < 4.78 is 0.972. The number of hydrogen-bond donors (Lipinski definition) is 0. The molecule has 1 aromatic heterocycles. The molecule has 0 unspecified atom stereocenters. The minimum absolute atomic E-state index is 0.114. The third-order valence-corrected chi connectivity index (χ3v) is 6.48. The summed E-state index contributed by atoms with van der Waals surface area (Å²) in [5.41, 5.74) is 1.09. The average molecular weight is 311 g/mol. The van der Waals surface area contributed by atoms with Gasteiger partial charge in [0.05, 0.1) is 0 Å². The minimum atomic E-state index is 0.114. The first-order chi connectivity index (χ1) is 9.62. The lowest BCUT2D eigenvalue weighted by Crippen LogP contribution is -2.44. The van der Waals surface area contributed by atoms with E-state index in [9.17, 15) is 4.79 Å². The van der Waals surface area contributed by atoms with Crippen molar-refractivity contribution in [2.24, 2.45) is 5.41 Å². The third-order valence-electron chi connectivity index (χ3n) is 4.62. The molecule has 0 aromatic carbocycles. The highest BCUT2D eigenvalue weighted by Crippen LogP contribution is 2.40. The first-order valence-electron chi connectivity index (χ1n) is 7.09. The minimum Gasteiger partial charge on any atom is -0.337 e. The van der Waals surface area contributed by atoms with Crippen LogP contribution in [0.3, 0.4) is 0 Å². The highest BCUT2D eigenvalue weighted by Gasteiger charge is 2.40. The number of carbonyl (C=O) groups is 1. The van der Waals surface area contributed by atoms with E-state index in [1.54, 1.807) is 23.1 Å². The van der Waals surface area contributed by atoms with Crippen LogP contribution in [0.5, 0.6) is 0 Å². The summed E-state index contributed by atoms with van der Waals surface area (Å²) in [7, 11) is 2.20. The van der Waals surface area contributed by atoms with Gasteiger partial charge >= 0.3 is 0 Å². The van der Waals surface area contributed by atoms with E-state index in [0.717, 1.165) is 30.3 Å². The smallest absolute Gasteiger partial charge is 0.273 e. The predicted octanol–water partition coefficient (Wildman–Crippen LogP) is 2.42. The second kappa shape index (κ2) is 5.66. The molecule has 20 heavy (non-hydrogen) atoms. The standard InChI is InChI=1S/C14H21N3OS2/c1-16-6-3-14(10-16)4-7-17(8-5-14)12(18)11-9-20-13(15-11)19-2/h9H,3-8,10H2,1-2H3. The van der Waals surface area contributed by atoms with Crippen LogP contribution in [0.2, 0.25) is 0 Å². The van der Waals surface area contributed by atoms with E-state index in [-0.39, 0.29) is 5.91 Å². The van der Waals surface area contributed by atoms with Crippen LogP contribution in [0.4, 0.5) is 0 Å². The molecule has 2 fully saturated rings. The first kappa shape index (κ1) is 14.4. The third kappa shape index (κ3) is 2.73. The van der Waals surface area contributed by atoms with Gasteiger partial charge in [0.25, 0.3) is 5.91 Å². The van der Waals surface area contributed by atoms with Crippen LogP contribution >= 0.6 is 23.1 Å². The molecule has 4 nitrogen and oxygen atoms in total. The van der Waals surface area contributed by atoms with Crippen molar-refractivity contribution in [3.05, 3.63) is 11.1 Å². The molecule has 2 aliphatic rings. The Kier molecular flexibility index (Phi) is 4.06. The Hall–Kier alpha value is -0.590. The van der Waals surface area contributed by atoms with Crippen molar-refractivity contribution in [2.75, 3.05) is 39.5 Å². The maximum Gasteiger partial charge on any atom is 0.273 e. The quantitative estimate of drug-likeness (QED) is 0.786. The predicted molar refractivity (Wildman–Crippen MR) is 83.6 cm³/mol. The van der Waals surface area contributed by atoms with Gasteiger partial charge in [0, 0.05) is 25.0 Å². The lowest BCUT2D eigenvalue weighted by Gasteiger charge is -2.39. The number of carbonyl (C=O) groups excluding carboxylic acids is 1. The molecule has 6 heteroatoms. The Morgan fingerprint density at radius 2 is 2.05 bits per heavy atom. The van der Waals surface area contributed by atoms with Crippen molar-refractivity contribution in [3.8, 4) is 0 Å². The fraction of sp³-hybridized carbons (Fsp3) is 0.714. The Morgan fingerprint density at radius 1 is 1.35 bits per heavy atom. The molecule has 3 heterocycles. The maximum absolute atomic E-state index is 12.4. The number of aromatic nitrogens is 1. The van der Waals surface area contributed by atoms with Crippen LogP contribution in [0.1, 0.15) is 29.8 Å². The summed E-state index contributed by atoms with van der Waals surface area (Å²) in [6, 6.07) is 0. The molecular formula is C14H21N3OS2. The van der Waals surface area contributed by atoms with Crippen molar-refractivity contribution in [3.63, 3.8) is 0 Å². The molecule has 0 atom stereocenters. The van der Waals surface area contributed by atoms with Crippen LogP contribution < -0.4 is 0 Å². The van der Waals surface area contributed by atoms with E-state index in [1.165, 1.54) is 19.5 Å². The molecule has 0 radical (unpaired) electrons. The summed E-state index contributed by atoms with van der Waals surface area (Å²) in [6.07, 6.45) is 5.57. The normalized spacial score (nSPS) is 22.6. The van der Waals surface area contributed by atoms with Gasteiger partial charge in [0.15, 0.2) is 0 Å². The van der Waals surface area contributed by atoms with Crippen LogP contribution in [0.25, 0.3) is 0 Å². The number of piperidine rings is 1. The molecule has 1 aromatic rings. The number of amides is 1. The fourth-order valence-corrected chi connectivity index (χ4v) is 4.60. The van der Waals surface area contributed by atoms with E-state index < -0.39 is 0 Å². The molecule has 1 amide bonds. The van der Waals surface area contributed by atoms with Gasteiger partial charge in [-0.15, -0.1) is 11.3 Å². The Balaban J connectivity index is 1.61. The lowest BCUT2D eigenvalue weighted by atomic mass is 9.78. The summed E-state index contributed by atoms with van der Waals surface area (Å²) in [6.45, 7) is 4.18. The zero-order valence-corrected chi connectivity index (χ0v) is 13.7. The van der Waals surface area contributed by atoms with Gasteiger partial charge in [-0.25, -0.2) is 4.98 Å². The fourth-order valence-electron chi connectivity index (χ4n) is 3.36. The van der Waals surface area contributed by atoms with Gasteiger partial charge in [-0.05, 0) is 44.5 Å². The van der Waals surface area contributed by atoms with Crippen molar-refractivity contribution in [2.45, 2.75) is 23.6 Å². The van der Waals surface area contributed by atoms with E-state index >= 15 is 0 Å². The molecule has 1 spiro atoms. The SMILES string of the molecule is CSc1nc(C(=O)N2CCC3(CCN(C)C3)CC2)cs1. The van der Waals surface area contributed by atoms with Crippen molar-refractivity contribution >= 4 is 29.0 Å². The maximum atomic E-state index is 12.4. The number of thioether (sulfide) groups is 1. The van der Waals surface area contributed by atoms with E-state index in [4.69, 9.17) is 0 Å². The van der Waals surface area contributed by atoms with Crippen LogP contribution in [-0.4, -0.2) is 60.2 Å². The van der Waals surface area contributed by atoms with E-state index in [1.807, 2.05) is 16.5 Å². The molecule has 3 rings (SSSR count). The van der Waals surface area contributed by atoms with Gasteiger partial charge in [0.2, 0.25) is 0 Å². The molecule has 0 N–H and O–H groups in total. The number of likely N-dealkylation sites (tertiary alicyclic amines) is 2. The summed E-state index contributed by atoms with van der Waals surface area (Å²) in [5, 5.41) is 1.89. The Labute approximate surface area is 128 Å². The Morgan fingerprint density at radius 3 is 2.60 bits per heavy atom. The molecule has 110 valence electrons. The molecule has 0 bridgehead atoms. The van der Waals surface area contributed by atoms with Crippen LogP contribution in [0, 0.1) is 5.41 Å². The molecule has 0 saturated carbocycles. The molecule has 2 saturated heterocycles. The van der Waals surface area contributed by atoms with E-state index in [2.05, 4.69) is 16.9 Å². The molecular weight excluding hydrogens is 290 g/mol. The summed E-state index contributed by atoms with van der Waals surface area (Å²) in [5.74, 6) is 0.114. The van der Waals surface area contributed by atoms with Crippen LogP contribution in [-0.2, 0) is 0 Å². The average Bonchev–Trinajstić information content (AvgIpc) is 3.06. The van der Waals surface area contributed by atoms with Crippen molar-refractivity contribution in [1.29, 1.82) is 0 Å². The lowest BCUT2D eigenvalue weighted by molar-refractivity contribution is 0.0588. The Bertz CT molecular complexity index is 494. The van der Waals surface area contributed by atoms with Crippen LogP contribution in [0.15, 0.2) is 9.72 Å². The highest BCUT2D eigenvalue weighted by atomic mass is 32.2. The van der Waals surface area contributed by atoms with Gasteiger partial charge < -0.3 is 9.80 Å². The zero-order valence-electron chi connectivity index (χ0n) is 12.1. The number of hydrogen-bond acceptors (Lipinski definition) is 5. The molecule has 2 aliphatic heterocycles. The second-order valence-electron chi connectivity index (χ2n) is 5.98. The largest absolute Gasteiger partial charge is 0.337 e. The second-order valence-corrected chi connectivity index (χ2v) is 7.89. The highest BCUT2D eigenvalue weighted by molar-refractivity contribution is 8.00. The van der Waals surface area contributed by atoms with Gasteiger partial charge in [-0.3, -0.25) is 4.79 Å². The van der Waals surface area contributed by atoms with Gasteiger partial charge in [0.1, 0.15) is 10.0 Å². The number of rotatable bonds is 2.